The molecule has 134 valence electrons. The smallest absolute Gasteiger partial charge is 0.310 e. The molecule has 0 aromatic heterocycles. The first-order valence-corrected chi connectivity index (χ1v) is 8.47. The Morgan fingerprint density at radius 2 is 1.84 bits per heavy atom. The highest BCUT2D eigenvalue weighted by atomic mass is 16.5. The van der Waals surface area contributed by atoms with Crippen molar-refractivity contribution in [3.05, 3.63) is 29.8 Å². The topological polar surface area (TPSA) is 79.6 Å². The minimum absolute atomic E-state index is 0.0877. The molecule has 1 aliphatic rings. The van der Waals surface area contributed by atoms with E-state index in [2.05, 4.69) is 6.07 Å². The zero-order valence-corrected chi connectivity index (χ0v) is 14.8. The molecule has 0 N–H and O–H groups in total. The van der Waals surface area contributed by atoms with Gasteiger partial charge in [0.05, 0.1) is 19.6 Å². The maximum Gasteiger partial charge on any atom is 0.310 e. The molecule has 1 saturated carbocycles. The maximum atomic E-state index is 12.3. The van der Waals surface area contributed by atoms with Gasteiger partial charge in [0.15, 0.2) is 6.61 Å². The lowest BCUT2D eigenvalue weighted by molar-refractivity contribution is -0.153. The van der Waals surface area contributed by atoms with Crippen LogP contribution >= 0.6 is 0 Å². The number of nitrogens with zero attached hydrogens (tertiary/aromatic N) is 2. The molecule has 0 heterocycles. The van der Waals surface area contributed by atoms with E-state index in [1.807, 2.05) is 0 Å². The third-order valence-corrected chi connectivity index (χ3v) is 4.77. The normalized spacial score (nSPS) is 15.7. The second-order valence-corrected chi connectivity index (χ2v) is 6.34. The highest BCUT2D eigenvalue weighted by molar-refractivity contribution is 5.82. The molecule has 0 bridgehead atoms. The van der Waals surface area contributed by atoms with Crippen LogP contribution in [0.25, 0.3) is 0 Å². The molecule has 0 radical (unpaired) electrons. The summed E-state index contributed by atoms with van der Waals surface area (Å²) in [4.78, 5) is 25.7. The lowest BCUT2D eigenvalue weighted by Gasteiger charge is -2.38. The molecule has 0 spiro atoms. The standard InChI is InChI=1S/C19H24N2O4/c1-21(19(14-20)10-4-3-5-11-19)17(22)13-25-18(23)12-15-6-8-16(24-2)9-7-15/h6-9H,3-5,10-13H2,1-2H3. The lowest BCUT2D eigenvalue weighted by atomic mass is 9.81. The van der Waals surface area contributed by atoms with Crippen LogP contribution in [0.15, 0.2) is 24.3 Å². The Hall–Kier alpha value is -2.55. The van der Waals surface area contributed by atoms with E-state index in [0.717, 1.165) is 24.8 Å². The van der Waals surface area contributed by atoms with Gasteiger partial charge in [-0.2, -0.15) is 5.26 Å². The van der Waals surface area contributed by atoms with Gasteiger partial charge in [0, 0.05) is 7.05 Å². The van der Waals surface area contributed by atoms with Crippen LogP contribution in [0, 0.1) is 11.3 Å². The SMILES string of the molecule is COc1ccc(CC(=O)OCC(=O)N(C)C2(C#N)CCCCC2)cc1. The molecule has 0 unspecified atom stereocenters. The molecule has 1 amide bonds. The van der Waals surface area contributed by atoms with E-state index >= 15 is 0 Å². The van der Waals surface area contributed by atoms with Crippen LogP contribution in [0.2, 0.25) is 0 Å². The van der Waals surface area contributed by atoms with Crippen LogP contribution in [-0.4, -0.2) is 43.1 Å². The number of methoxy groups -OCH3 is 1. The van der Waals surface area contributed by atoms with Gasteiger partial charge in [-0.3, -0.25) is 9.59 Å². The van der Waals surface area contributed by atoms with E-state index < -0.39 is 11.5 Å². The Kier molecular flexibility index (Phi) is 6.40. The molecular weight excluding hydrogens is 320 g/mol. The summed E-state index contributed by atoms with van der Waals surface area (Å²) < 4.78 is 10.2. The fourth-order valence-electron chi connectivity index (χ4n) is 3.10. The van der Waals surface area contributed by atoms with Crippen LogP contribution in [0.4, 0.5) is 0 Å². The molecule has 1 fully saturated rings. The van der Waals surface area contributed by atoms with Gasteiger partial charge < -0.3 is 14.4 Å². The Morgan fingerprint density at radius 3 is 2.40 bits per heavy atom. The van der Waals surface area contributed by atoms with Gasteiger partial charge in [-0.15, -0.1) is 0 Å². The van der Waals surface area contributed by atoms with Crippen LogP contribution in [0.1, 0.15) is 37.7 Å². The average molecular weight is 344 g/mol. The zero-order valence-electron chi connectivity index (χ0n) is 14.8. The van der Waals surface area contributed by atoms with Crippen molar-refractivity contribution in [2.45, 2.75) is 44.1 Å². The number of esters is 1. The molecule has 6 nitrogen and oxygen atoms in total. The highest BCUT2D eigenvalue weighted by Gasteiger charge is 2.38. The van der Waals surface area contributed by atoms with Gasteiger partial charge in [0.2, 0.25) is 0 Å². The highest BCUT2D eigenvalue weighted by Crippen LogP contribution is 2.32. The first kappa shape index (κ1) is 18.8. The minimum atomic E-state index is -0.766. The Morgan fingerprint density at radius 1 is 1.20 bits per heavy atom. The molecule has 1 aromatic carbocycles. The number of amides is 1. The number of rotatable bonds is 6. The predicted molar refractivity (Wildman–Crippen MR) is 91.9 cm³/mol. The van der Waals surface area contributed by atoms with Crippen molar-refractivity contribution in [2.75, 3.05) is 20.8 Å². The van der Waals surface area contributed by atoms with Gasteiger partial charge in [-0.05, 0) is 30.5 Å². The van der Waals surface area contributed by atoms with Crippen LogP contribution in [0.5, 0.6) is 5.75 Å². The average Bonchev–Trinajstić information content (AvgIpc) is 2.66. The first-order chi connectivity index (χ1) is 12.0. The van der Waals surface area contributed by atoms with Crippen molar-refractivity contribution in [3.8, 4) is 11.8 Å². The summed E-state index contributed by atoms with van der Waals surface area (Å²) in [7, 11) is 3.19. The molecule has 0 atom stereocenters. The van der Waals surface area contributed by atoms with Crippen molar-refractivity contribution in [2.24, 2.45) is 0 Å². The van der Waals surface area contributed by atoms with Crippen molar-refractivity contribution in [1.82, 2.24) is 4.90 Å². The fraction of sp³-hybridized carbons (Fsp3) is 0.526. The number of hydrogen-bond donors (Lipinski definition) is 0. The number of hydrogen-bond acceptors (Lipinski definition) is 5. The molecule has 6 heteroatoms. The molecule has 0 aliphatic heterocycles. The van der Waals surface area contributed by atoms with Gasteiger partial charge >= 0.3 is 5.97 Å². The Labute approximate surface area is 148 Å². The second kappa shape index (κ2) is 8.52. The summed E-state index contributed by atoms with van der Waals surface area (Å²) in [5.74, 6) is -0.101. The van der Waals surface area contributed by atoms with Crippen LogP contribution < -0.4 is 4.74 Å². The summed E-state index contributed by atoms with van der Waals surface area (Å²) in [6.07, 6.45) is 4.38. The van der Waals surface area contributed by atoms with Crippen molar-refractivity contribution in [3.63, 3.8) is 0 Å². The van der Waals surface area contributed by atoms with Gasteiger partial charge in [0.25, 0.3) is 5.91 Å². The molecule has 2 rings (SSSR count). The maximum absolute atomic E-state index is 12.3. The van der Waals surface area contributed by atoms with E-state index in [9.17, 15) is 14.9 Å². The van der Waals surface area contributed by atoms with Crippen molar-refractivity contribution in [1.29, 1.82) is 5.26 Å². The molecule has 25 heavy (non-hydrogen) atoms. The van der Waals surface area contributed by atoms with Crippen LogP contribution in [-0.2, 0) is 20.7 Å². The Bertz CT molecular complexity index is 642. The van der Waals surface area contributed by atoms with E-state index in [-0.39, 0.29) is 18.9 Å². The van der Waals surface area contributed by atoms with Gasteiger partial charge in [-0.25, -0.2) is 0 Å². The van der Waals surface area contributed by atoms with Gasteiger partial charge in [-0.1, -0.05) is 31.4 Å². The number of carbonyl (C=O) groups is 2. The summed E-state index contributed by atoms with van der Waals surface area (Å²) in [5, 5.41) is 9.51. The van der Waals surface area contributed by atoms with Crippen molar-refractivity contribution < 1.29 is 19.1 Å². The number of nitriles is 1. The molecule has 1 aromatic rings. The fourth-order valence-corrected chi connectivity index (χ4v) is 3.10. The van der Waals surface area contributed by atoms with E-state index in [4.69, 9.17) is 9.47 Å². The summed E-state index contributed by atoms with van der Waals surface area (Å²) in [6.45, 7) is -0.338. The summed E-state index contributed by atoms with van der Waals surface area (Å²) in [5.41, 5.74) is 0.0185. The monoisotopic (exact) mass is 344 g/mol. The number of benzene rings is 1. The molecular formula is C19H24N2O4. The third-order valence-electron chi connectivity index (χ3n) is 4.77. The Balaban J connectivity index is 1.85. The third kappa shape index (κ3) is 4.72. The van der Waals surface area contributed by atoms with Gasteiger partial charge in [0.1, 0.15) is 11.3 Å². The van der Waals surface area contributed by atoms with Crippen LogP contribution in [0.3, 0.4) is 0 Å². The number of likely N-dealkylation sites (N-methyl/N-ethyl adjacent to an activating group) is 1. The predicted octanol–water partition coefficient (Wildman–Crippen LogP) is 2.47. The number of carbonyl (C=O) groups excluding carboxylic acids is 2. The zero-order chi connectivity index (χ0) is 18.3. The van der Waals surface area contributed by atoms with E-state index in [1.165, 1.54) is 4.90 Å². The quantitative estimate of drug-likeness (QED) is 0.741. The minimum Gasteiger partial charge on any atom is -0.497 e. The summed E-state index contributed by atoms with van der Waals surface area (Å²) in [6, 6.07) is 9.38. The van der Waals surface area contributed by atoms with E-state index in [0.29, 0.717) is 18.6 Å². The molecule has 0 saturated heterocycles. The number of ether oxygens (including phenoxy) is 2. The largest absolute Gasteiger partial charge is 0.497 e. The van der Waals surface area contributed by atoms with E-state index in [1.54, 1.807) is 38.4 Å². The molecule has 1 aliphatic carbocycles. The first-order valence-electron chi connectivity index (χ1n) is 8.47. The summed E-state index contributed by atoms with van der Waals surface area (Å²) >= 11 is 0. The van der Waals surface area contributed by atoms with Crippen molar-refractivity contribution >= 4 is 11.9 Å². The lowest BCUT2D eigenvalue weighted by Crippen LogP contribution is -2.51. The second-order valence-electron chi connectivity index (χ2n) is 6.34.